The summed E-state index contributed by atoms with van der Waals surface area (Å²) in [7, 11) is 2.96. The lowest BCUT2D eigenvalue weighted by atomic mass is 9.92. The number of nitrogens with zero attached hydrogens (tertiary/aromatic N) is 2. The van der Waals surface area contributed by atoms with E-state index < -0.39 is 4.92 Å². The van der Waals surface area contributed by atoms with Crippen molar-refractivity contribution in [3.05, 3.63) is 51.6 Å². The number of nitro groups is 1. The quantitative estimate of drug-likeness (QED) is 0.451. The molecule has 1 aliphatic rings. The predicted octanol–water partition coefficient (Wildman–Crippen LogP) is 3.33. The van der Waals surface area contributed by atoms with Gasteiger partial charge in [0.25, 0.3) is 5.69 Å². The van der Waals surface area contributed by atoms with Crippen molar-refractivity contribution >= 4 is 5.69 Å². The second-order valence-corrected chi connectivity index (χ2v) is 8.29. The SMILES string of the molecule is COc1cc(CN(Cc2ccc3c(c2)OCO3)CC(C)(C)CN)c([N+](=O)[O-])cc1OC. The van der Waals surface area contributed by atoms with Gasteiger partial charge in [0.05, 0.1) is 25.2 Å². The molecule has 0 spiro atoms. The molecule has 0 amide bonds. The molecule has 0 fully saturated rings. The zero-order valence-corrected chi connectivity index (χ0v) is 18.3. The van der Waals surface area contributed by atoms with E-state index in [4.69, 9.17) is 24.7 Å². The van der Waals surface area contributed by atoms with Gasteiger partial charge in [-0.2, -0.15) is 0 Å². The van der Waals surface area contributed by atoms with Crippen molar-refractivity contribution in [1.29, 1.82) is 0 Å². The summed E-state index contributed by atoms with van der Waals surface area (Å²) in [4.78, 5) is 13.5. The molecule has 1 aliphatic heterocycles. The average Bonchev–Trinajstić information content (AvgIpc) is 3.20. The maximum Gasteiger partial charge on any atom is 0.277 e. The number of fused-ring (bicyclic) bond motifs is 1. The molecular formula is C22H29N3O6. The van der Waals surface area contributed by atoms with E-state index in [0.29, 0.717) is 54.7 Å². The van der Waals surface area contributed by atoms with E-state index in [1.165, 1.54) is 20.3 Å². The van der Waals surface area contributed by atoms with Crippen molar-refractivity contribution in [1.82, 2.24) is 4.90 Å². The van der Waals surface area contributed by atoms with Crippen LogP contribution in [0.15, 0.2) is 30.3 Å². The van der Waals surface area contributed by atoms with Gasteiger partial charge >= 0.3 is 0 Å². The summed E-state index contributed by atoms with van der Waals surface area (Å²) in [6, 6.07) is 8.86. The fourth-order valence-electron chi connectivity index (χ4n) is 3.58. The van der Waals surface area contributed by atoms with Crippen molar-refractivity contribution < 1.29 is 23.9 Å². The lowest BCUT2D eigenvalue weighted by Gasteiger charge is -2.32. The van der Waals surface area contributed by atoms with E-state index in [9.17, 15) is 10.1 Å². The molecule has 0 aromatic heterocycles. The highest BCUT2D eigenvalue weighted by atomic mass is 16.7. The van der Waals surface area contributed by atoms with Crippen molar-refractivity contribution in [2.45, 2.75) is 26.9 Å². The van der Waals surface area contributed by atoms with Gasteiger partial charge in [-0.05, 0) is 35.7 Å². The first-order chi connectivity index (χ1) is 14.8. The normalized spacial score (nSPS) is 12.8. The maximum absolute atomic E-state index is 11.7. The average molecular weight is 431 g/mol. The smallest absolute Gasteiger partial charge is 0.277 e. The molecular weight excluding hydrogens is 402 g/mol. The molecule has 9 heteroatoms. The van der Waals surface area contributed by atoms with Gasteiger partial charge in [-0.1, -0.05) is 19.9 Å². The number of hydrogen-bond acceptors (Lipinski definition) is 8. The molecule has 168 valence electrons. The Bertz CT molecular complexity index is 947. The van der Waals surface area contributed by atoms with Crippen LogP contribution in [0.3, 0.4) is 0 Å². The minimum atomic E-state index is -0.399. The van der Waals surface area contributed by atoms with Gasteiger partial charge in [-0.15, -0.1) is 0 Å². The summed E-state index contributed by atoms with van der Waals surface area (Å²) in [5, 5.41) is 11.7. The molecule has 1 heterocycles. The van der Waals surface area contributed by atoms with E-state index in [2.05, 4.69) is 18.7 Å². The number of nitro benzene ring substituents is 1. The Labute approximate surface area is 181 Å². The zero-order valence-electron chi connectivity index (χ0n) is 18.3. The topological polar surface area (TPSA) is 109 Å². The fraction of sp³-hybridized carbons (Fsp3) is 0.455. The third kappa shape index (κ3) is 5.36. The number of ether oxygens (including phenoxy) is 4. The Hall–Kier alpha value is -3.04. The lowest BCUT2D eigenvalue weighted by molar-refractivity contribution is -0.385. The highest BCUT2D eigenvalue weighted by molar-refractivity contribution is 5.54. The van der Waals surface area contributed by atoms with Gasteiger partial charge in [-0.25, -0.2) is 0 Å². The molecule has 2 aromatic carbocycles. The lowest BCUT2D eigenvalue weighted by Crippen LogP contribution is -2.38. The molecule has 0 aliphatic carbocycles. The monoisotopic (exact) mass is 431 g/mol. The number of methoxy groups -OCH3 is 2. The summed E-state index contributed by atoms with van der Waals surface area (Å²) >= 11 is 0. The largest absolute Gasteiger partial charge is 0.493 e. The molecule has 3 rings (SSSR count). The van der Waals surface area contributed by atoms with E-state index in [0.717, 1.165) is 5.56 Å². The Morgan fingerprint density at radius 1 is 1.10 bits per heavy atom. The zero-order chi connectivity index (χ0) is 22.6. The van der Waals surface area contributed by atoms with Gasteiger partial charge < -0.3 is 24.7 Å². The number of rotatable bonds is 10. The molecule has 2 N–H and O–H groups in total. The summed E-state index contributed by atoms with van der Waals surface area (Å²) < 4.78 is 21.5. The molecule has 31 heavy (non-hydrogen) atoms. The third-order valence-electron chi connectivity index (χ3n) is 5.22. The fourth-order valence-corrected chi connectivity index (χ4v) is 3.58. The summed E-state index contributed by atoms with van der Waals surface area (Å²) in [5.74, 6) is 2.19. The van der Waals surface area contributed by atoms with E-state index >= 15 is 0 Å². The Morgan fingerprint density at radius 2 is 1.77 bits per heavy atom. The Kier molecular flexibility index (Phi) is 6.87. The molecule has 0 bridgehead atoms. The molecule has 0 atom stereocenters. The number of nitrogens with two attached hydrogens (primary N) is 1. The van der Waals surface area contributed by atoms with Crippen LogP contribution in [0.2, 0.25) is 0 Å². The van der Waals surface area contributed by atoms with Crippen molar-refractivity contribution in [2.24, 2.45) is 11.1 Å². The molecule has 0 unspecified atom stereocenters. The van der Waals surface area contributed by atoms with Gasteiger partial charge in [0.1, 0.15) is 0 Å². The molecule has 0 saturated heterocycles. The summed E-state index contributed by atoms with van der Waals surface area (Å²) in [6.07, 6.45) is 0. The first kappa shape index (κ1) is 22.6. The van der Waals surface area contributed by atoms with Crippen LogP contribution >= 0.6 is 0 Å². The highest BCUT2D eigenvalue weighted by Crippen LogP contribution is 2.36. The van der Waals surface area contributed by atoms with Crippen molar-refractivity contribution in [3.63, 3.8) is 0 Å². The van der Waals surface area contributed by atoms with E-state index in [1.807, 2.05) is 18.2 Å². The minimum Gasteiger partial charge on any atom is -0.493 e. The van der Waals surface area contributed by atoms with Crippen LogP contribution < -0.4 is 24.7 Å². The van der Waals surface area contributed by atoms with Crippen LogP contribution in [0.5, 0.6) is 23.0 Å². The molecule has 0 saturated carbocycles. The summed E-state index contributed by atoms with van der Waals surface area (Å²) in [6.45, 7) is 6.38. The van der Waals surface area contributed by atoms with Crippen LogP contribution in [0.4, 0.5) is 5.69 Å². The van der Waals surface area contributed by atoms with Crippen molar-refractivity contribution in [3.8, 4) is 23.0 Å². The van der Waals surface area contributed by atoms with Crippen LogP contribution in [0.1, 0.15) is 25.0 Å². The molecule has 0 radical (unpaired) electrons. The highest BCUT2D eigenvalue weighted by Gasteiger charge is 2.26. The Morgan fingerprint density at radius 3 is 2.42 bits per heavy atom. The van der Waals surface area contributed by atoms with Crippen LogP contribution in [-0.2, 0) is 13.1 Å². The first-order valence-corrected chi connectivity index (χ1v) is 9.96. The third-order valence-corrected chi connectivity index (χ3v) is 5.22. The van der Waals surface area contributed by atoms with Crippen LogP contribution in [0.25, 0.3) is 0 Å². The van der Waals surface area contributed by atoms with E-state index in [1.54, 1.807) is 6.07 Å². The van der Waals surface area contributed by atoms with Gasteiger partial charge in [-0.3, -0.25) is 15.0 Å². The van der Waals surface area contributed by atoms with Gasteiger partial charge in [0.15, 0.2) is 23.0 Å². The second kappa shape index (κ2) is 9.40. The number of benzene rings is 2. The Balaban J connectivity index is 1.93. The first-order valence-electron chi connectivity index (χ1n) is 9.96. The standard InChI is InChI=1S/C22H29N3O6/c1-22(2,12-23)13-24(10-15-5-6-18-21(7-15)31-14-30-18)11-16-8-19(28-3)20(29-4)9-17(16)25(26)27/h5-9H,10-14,23H2,1-4H3. The van der Waals surface area contributed by atoms with E-state index in [-0.39, 0.29) is 17.9 Å². The molecule has 9 nitrogen and oxygen atoms in total. The second-order valence-electron chi connectivity index (χ2n) is 8.29. The van der Waals surface area contributed by atoms with Crippen LogP contribution in [0, 0.1) is 15.5 Å². The predicted molar refractivity (Wildman–Crippen MR) is 116 cm³/mol. The minimum absolute atomic E-state index is 0.0149. The summed E-state index contributed by atoms with van der Waals surface area (Å²) in [5.41, 5.74) is 7.33. The van der Waals surface area contributed by atoms with Gasteiger partial charge in [0, 0.05) is 25.2 Å². The number of hydrogen-bond donors (Lipinski definition) is 1. The van der Waals surface area contributed by atoms with Crippen LogP contribution in [-0.4, -0.2) is 43.9 Å². The molecule has 2 aromatic rings. The van der Waals surface area contributed by atoms with Gasteiger partial charge in [0.2, 0.25) is 6.79 Å². The van der Waals surface area contributed by atoms with Crippen molar-refractivity contribution in [2.75, 3.05) is 34.1 Å². The maximum atomic E-state index is 11.7.